The number of benzene rings is 1. The number of H-pyrrole nitrogens is 1. The Labute approximate surface area is 157 Å². The van der Waals surface area contributed by atoms with Gasteiger partial charge in [0.1, 0.15) is 11.5 Å². The molecule has 2 amide bonds. The van der Waals surface area contributed by atoms with E-state index in [2.05, 4.69) is 25.8 Å². The van der Waals surface area contributed by atoms with E-state index in [1.165, 1.54) is 18.3 Å². The average Bonchev–Trinajstić information content (AvgIpc) is 3.39. The first-order chi connectivity index (χ1) is 13.1. The summed E-state index contributed by atoms with van der Waals surface area (Å²) in [5.74, 6) is 0.808. The maximum absolute atomic E-state index is 12.6. The van der Waals surface area contributed by atoms with Gasteiger partial charge in [-0.2, -0.15) is 5.10 Å². The number of nitrogens with zero attached hydrogens (tertiary/aromatic N) is 2. The Hall–Kier alpha value is -3.46. The molecule has 0 aliphatic heterocycles. The summed E-state index contributed by atoms with van der Waals surface area (Å²) in [6.07, 6.45) is 1.67. The summed E-state index contributed by atoms with van der Waals surface area (Å²) in [7, 11) is 0. The van der Waals surface area contributed by atoms with E-state index in [0.29, 0.717) is 40.0 Å². The zero-order valence-electron chi connectivity index (χ0n) is 14.3. The number of furan rings is 1. The van der Waals surface area contributed by atoms with Crippen molar-refractivity contribution in [3.05, 3.63) is 53.2 Å². The van der Waals surface area contributed by atoms with Crippen LogP contribution in [-0.4, -0.2) is 27.0 Å². The average molecular weight is 381 g/mol. The molecule has 0 aliphatic rings. The second-order valence-electron chi connectivity index (χ2n) is 5.81. The lowest BCUT2D eigenvalue weighted by Gasteiger charge is -2.02. The van der Waals surface area contributed by atoms with Gasteiger partial charge in [0.15, 0.2) is 10.9 Å². The number of aromatic amines is 1. The minimum Gasteiger partial charge on any atom is -0.458 e. The number of fused-ring (bicyclic) bond motifs is 1. The highest BCUT2D eigenvalue weighted by Gasteiger charge is 2.15. The molecule has 3 heterocycles. The molecule has 3 N–H and O–H groups in total. The summed E-state index contributed by atoms with van der Waals surface area (Å²) in [6.45, 7) is 1.76. The first-order valence-corrected chi connectivity index (χ1v) is 9.00. The Balaban J connectivity index is 1.49. The second kappa shape index (κ2) is 7.04. The standard InChI is InChI=1S/C18H15N5O3S/c1-10(24)19-8-12-5-6-15(26-12)14-9-27-18(21-14)22-17(25)13-4-2-3-11-7-20-23-16(11)13/h2-7,9H,8H2,1H3,(H,19,24)(H,20,23)(H,21,22,25). The number of anilines is 1. The number of amides is 2. The topological polar surface area (TPSA) is 113 Å². The number of hydrogen-bond acceptors (Lipinski definition) is 6. The smallest absolute Gasteiger partial charge is 0.259 e. The van der Waals surface area contributed by atoms with Crippen LogP contribution in [0.4, 0.5) is 5.13 Å². The molecule has 0 spiro atoms. The van der Waals surface area contributed by atoms with Gasteiger partial charge in [0.2, 0.25) is 5.91 Å². The van der Waals surface area contributed by atoms with Crippen molar-refractivity contribution in [2.45, 2.75) is 13.5 Å². The zero-order valence-corrected chi connectivity index (χ0v) is 15.1. The van der Waals surface area contributed by atoms with Gasteiger partial charge in [-0.25, -0.2) is 4.98 Å². The molecule has 0 saturated heterocycles. The van der Waals surface area contributed by atoms with E-state index in [1.807, 2.05) is 6.07 Å². The Morgan fingerprint density at radius 2 is 2.15 bits per heavy atom. The van der Waals surface area contributed by atoms with Gasteiger partial charge in [0, 0.05) is 17.7 Å². The van der Waals surface area contributed by atoms with Crippen molar-refractivity contribution in [3.63, 3.8) is 0 Å². The second-order valence-corrected chi connectivity index (χ2v) is 6.67. The van der Waals surface area contributed by atoms with Crippen LogP contribution < -0.4 is 10.6 Å². The lowest BCUT2D eigenvalue weighted by atomic mass is 10.1. The lowest BCUT2D eigenvalue weighted by molar-refractivity contribution is -0.119. The molecule has 8 nitrogen and oxygen atoms in total. The van der Waals surface area contributed by atoms with Gasteiger partial charge in [-0.05, 0) is 18.2 Å². The van der Waals surface area contributed by atoms with Crippen molar-refractivity contribution < 1.29 is 14.0 Å². The fraction of sp³-hybridized carbons (Fsp3) is 0.111. The molecule has 1 aromatic carbocycles. The number of nitrogens with one attached hydrogen (secondary N) is 3. The predicted octanol–water partition coefficient (Wildman–Crippen LogP) is 3.17. The zero-order chi connectivity index (χ0) is 18.8. The van der Waals surface area contributed by atoms with Crippen molar-refractivity contribution in [2.24, 2.45) is 0 Å². The Bertz CT molecular complexity index is 1130. The Kier molecular flexibility index (Phi) is 4.43. The molecule has 0 aliphatic carbocycles. The number of aromatic nitrogens is 3. The number of rotatable bonds is 5. The molecule has 0 bridgehead atoms. The van der Waals surface area contributed by atoms with Crippen LogP contribution in [0.2, 0.25) is 0 Å². The summed E-state index contributed by atoms with van der Waals surface area (Å²) in [5.41, 5.74) is 1.79. The van der Waals surface area contributed by atoms with Crippen LogP contribution in [0.5, 0.6) is 0 Å². The van der Waals surface area contributed by atoms with E-state index in [4.69, 9.17) is 4.42 Å². The van der Waals surface area contributed by atoms with Crippen LogP contribution in [-0.2, 0) is 11.3 Å². The van der Waals surface area contributed by atoms with Gasteiger partial charge in [-0.3, -0.25) is 20.0 Å². The maximum Gasteiger partial charge on any atom is 0.259 e. The largest absolute Gasteiger partial charge is 0.458 e. The molecular formula is C18H15N5O3S. The van der Waals surface area contributed by atoms with Gasteiger partial charge in [-0.15, -0.1) is 11.3 Å². The first kappa shape index (κ1) is 17.0. The van der Waals surface area contributed by atoms with E-state index in [1.54, 1.807) is 35.8 Å². The molecule has 136 valence electrons. The molecule has 4 aromatic rings. The molecule has 0 fully saturated rings. The number of thiazole rings is 1. The van der Waals surface area contributed by atoms with Crippen molar-refractivity contribution >= 4 is 39.2 Å². The van der Waals surface area contributed by atoms with Crippen LogP contribution >= 0.6 is 11.3 Å². The summed E-state index contributed by atoms with van der Waals surface area (Å²) < 4.78 is 5.67. The fourth-order valence-electron chi connectivity index (χ4n) is 2.59. The summed E-state index contributed by atoms with van der Waals surface area (Å²) in [5, 5.41) is 15.4. The van der Waals surface area contributed by atoms with Crippen LogP contribution in [0.1, 0.15) is 23.0 Å². The van der Waals surface area contributed by atoms with Crippen molar-refractivity contribution in [1.29, 1.82) is 0 Å². The SMILES string of the molecule is CC(=O)NCc1ccc(-c2csc(NC(=O)c3cccc4cn[nH]c34)n2)o1. The molecule has 0 unspecified atom stereocenters. The van der Waals surface area contributed by atoms with E-state index < -0.39 is 0 Å². The van der Waals surface area contributed by atoms with Crippen LogP contribution in [0, 0.1) is 0 Å². The van der Waals surface area contributed by atoms with Crippen molar-refractivity contribution in [1.82, 2.24) is 20.5 Å². The number of carbonyl (C=O) groups is 2. The summed E-state index contributed by atoms with van der Waals surface area (Å²) in [6, 6.07) is 8.97. The number of para-hydroxylation sites is 1. The number of hydrogen-bond donors (Lipinski definition) is 3. The highest BCUT2D eigenvalue weighted by Crippen LogP contribution is 2.27. The maximum atomic E-state index is 12.6. The molecule has 3 aromatic heterocycles. The predicted molar refractivity (Wildman–Crippen MR) is 101 cm³/mol. The number of carbonyl (C=O) groups excluding carboxylic acids is 2. The molecule has 9 heteroatoms. The van der Waals surface area contributed by atoms with Gasteiger partial charge in [0.05, 0.1) is 23.8 Å². The fourth-order valence-corrected chi connectivity index (χ4v) is 3.28. The molecule has 0 radical (unpaired) electrons. The van der Waals surface area contributed by atoms with Crippen LogP contribution in [0.15, 0.2) is 46.3 Å². The monoisotopic (exact) mass is 381 g/mol. The van der Waals surface area contributed by atoms with Crippen molar-refractivity contribution in [2.75, 3.05) is 5.32 Å². The van der Waals surface area contributed by atoms with E-state index in [0.717, 1.165) is 5.39 Å². The van der Waals surface area contributed by atoms with E-state index >= 15 is 0 Å². The van der Waals surface area contributed by atoms with Crippen molar-refractivity contribution in [3.8, 4) is 11.5 Å². The van der Waals surface area contributed by atoms with Gasteiger partial charge in [0.25, 0.3) is 5.91 Å². The van der Waals surface area contributed by atoms with E-state index in [-0.39, 0.29) is 11.8 Å². The minimum atomic E-state index is -0.267. The molecule has 0 saturated carbocycles. The minimum absolute atomic E-state index is 0.126. The first-order valence-electron chi connectivity index (χ1n) is 8.12. The van der Waals surface area contributed by atoms with E-state index in [9.17, 15) is 9.59 Å². The molecule has 27 heavy (non-hydrogen) atoms. The normalized spacial score (nSPS) is 10.9. The highest BCUT2D eigenvalue weighted by atomic mass is 32.1. The Morgan fingerprint density at radius 1 is 1.26 bits per heavy atom. The quantitative estimate of drug-likeness (QED) is 0.491. The Morgan fingerprint density at radius 3 is 3.00 bits per heavy atom. The third kappa shape index (κ3) is 3.58. The van der Waals surface area contributed by atoms with Gasteiger partial charge >= 0.3 is 0 Å². The summed E-state index contributed by atoms with van der Waals surface area (Å²) in [4.78, 5) is 27.9. The van der Waals surface area contributed by atoms with Crippen LogP contribution in [0.25, 0.3) is 22.4 Å². The third-order valence-electron chi connectivity index (χ3n) is 3.87. The molecule has 4 rings (SSSR count). The molecular weight excluding hydrogens is 366 g/mol. The lowest BCUT2D eigenvalue weighted by Crippen LogP contribution is -2.18. The third-order valence-corrected chi connectivity index (χ3v) is 4.63. The molecule has 0 atom stereocenters. The summed E-state index contributed by atoms with van der Waals surface area (Å²) >= 11 is 1.30. The van der Waals surface area contributed by atoms with Gasteiger partial charge < -0.3 is 9.73 Å². The highest BCUT2D eigenvalue weighted by molar-refractivity contribution is 7.14. The van der Waals surface area contributed by atoms with Gasteiger partial charge in [-0.1, -0.05) is 12.1 Å². The van der Waals surface area contributed by atoms with Crippen LogP contribution in [0.3, 0.4) is 0 Å².